The number of hydrogen-bond acceptors (Lipinski definition) is 4. The highest BCUT2D eigenvalue weighted by Gasteiger charge is 2.21. The SMILES string of the molecule is Cc1nc([C@H]2CCNC2)ncc1C(=O)Nc1ccc(Cl)cc1. The molecule has 1 amide bonds. The molecule has 1 aromatic heterocycles. The average Bonchev–Trinajstić information content (AvgIpc) is 3.03. The highest BCUT2D eigenvalue weighted by Crippen LogP contribution is 2.20. The summed E-state index contributed by atoms with van der Waals surface area (Å²) in [4.78, 5) is 21.2. The molecule has 0 saturated carbocycles. The van der Waals surface area contributed by atoms with Gasteiger partial charge in [0.15, 0.2) is 0 Å². The van der Waals surface area contributed by atoms with Crippen molar-refractivity contribution in [2.45, 2.75) is 19.3 Å². The second-order valence-electron chi connectivity index (χ2n) is 5.38. The van der Waals surface area contributed by atoms with E-state index >= 15 is 0 Å². The topological polar surface area (TPSA) is 66.9 Å². The molecule has 2 aromatic rings. The smallest absolute Gasteiger partial charge is 0.259 e. The molecule has 1 atom stereocenters. The number of nitrogens with zero attached hydrogens (tertiary/aromatic N) is 2. The number of rotatable bonds is 3. The van der Waals surface area contributed by atoms with Crippen LogP contribution in [0.1, 0.15) is 34.2 Å². The Morgan fingerprint density at radius 1 is 1.36 bits per heavy atom. The Kier molecular flexibility index (Phi) is 4.36. The summed E-state index contributed by atoms with van der Waals surface area (Å²) in [6.45, 7) is 3.73. The molecule has 1 aromatic carbocycles. The molecule has 1 saturated heterocycles. The average molecular weight is 317 g/mol. The first-order chi connectivity index (χ1) is 10.6. The lowest BCUT2D eigenvalue weighted by molar-refractivity contribution is 0.102. The van der Waals surface area contributed by atoms with Crippen molar-refractivity contribution in [1.82, 2.24) is 15.3 Å². The minimum Gasteiger partial charge on any atom is -0.322 e. The standard InChI is InChI=1S/C16H17ClN4O/c1-10-14(9-19-15(20-10)11-6-7-18-8-11)16(22)21-13-4-2-12(17)3-5-13/h2-5,9,11,18H,6-8H2,1H3,(H,21,22)/t11-/m0/s1. The van der Waals surface area contributed by atoms with Gasteiger partial charge in [-0.1, -0.05) is 11.6 Å². The number of carbonyl (C=O) groups is 1. The molecule has 0 bridgehead atoms. The number of carbonyl (C=O) groups excluding carboxylic acids is 1. The summed E-state index contributed by atoms with van der Waals surface area (Å²) in [6.07, 6.45) is 2.65. The lowest BCUT2D eigenvalue weighted by atomic mass is 10.1. The Balaban J connectivity index is 1.76. The van der Waals surface area contributed by atoms with E-state index in [2.05, 4.69) is 20.6 Å². The van der Waals surface area contributed by atoms with Gasteiger partial charge in [0.25, 0.3) is 5.91 Å². The van der Waals surface area contributed by atoms with Crippen molar-refractivity contribution in [3.63, 3.8) is 0 Å². The molecule has 3 rings (SSSR count). The van der Waals surface area contributed by atoms with Gasteiger partial charge >= 0.3 is 0 Å². The van der Waals surface area contributed by atoms with Gasteiger partial charge in [-0.15, -0.1) is 0 Å². The number of hydrogen-bond donors (Lipinski definition) is 2. The molecule has 1 fully saturated rings. The number of aryl methyl sites for hydroxylation is 1. The normalized spacial score (nSPS) is 17.5. The Hall–Kier alpha value is -1.98. The van der Waals surface area contributed by atoms with Crippen molar-refractivity contribution in [1.29, 1.82) is 0 Å². The van der Waals surface area contributed by atoms with E-state index in [1.54, 1.807) is 30.5 Å². The molecule has 2 heterocycles. The molecule has 1 aliphatic heterocycles. The van der Waals surface area contributed by atoms with Gasteiger partial charge in [-0.25, -0.2) is 9.97 Å². The van der Waals surface area contributed by atoms with Crippen LogP contribution in [0.3, 0.4) is 0 Å². The third-order valence-corrected chi connectivity index (χ3v) is 4.02. The van der Waals surface area contributed by atoms with E-state index in [4.69, 9.17) is 11.6 Å². The van der Waals surface area contributed by atoms with E-state index in [-0.39, 0.29) is 5.91 Å². The lowest BCUT2D eigenvalue weighted by Crippen LogP contribution is -2.17. The van der Waals surface area contributed by atoms with Gasteiger partial charge in [-0.2, -0.15) is 0 Å². The van der Waals surface area contributed by atoms with Crippen LogP contribution in [0.2, 0.25) is 5.02 Å². The molecule has 1 aliphatic rings. The zero-order valence-electron chi connectivity index (χ0n) is 12.3. The molecular formula is C16H17ClN4O. The Morgan fingerprint density at radius 2 is 2.14 bits per heavy atom. The monoisotopic (exact) mass is 316 g/mol. The van der Waals surface area contributed by atoms with Crippen molar-refractivity contribution >= 4 is 23.2 Å². The van der Waals surface area contributed by atoms with E-state index in [9.17, 15) is 4.79 Å². The summed E-state index contributed by atoms with van der Waals surface area (Å²) in [7, 11) is 0. The fraction of sp³-hybridized carbons (Fsp3) is 0.312. The highest BCUT2D eigenvalue weighted by atomic mass is 35.5. The summed E-state index contributed by atoms with van der Waals surface area (Å²) in [5, 5.41) is 6.75. The molecular weight excluding hydrogens is 300 g/mol. The maximum atomic E-state index is 12.3. The van der Waals surface area contributed by atoms with E-state index in [1.807, 2.05) is 6.92 Å². The number of amides is 1. The molecule has 22 heavy (non-hydrogen) atoms. The second-order valence-corrected chi connectivity index (χ2v) is 5.81. The molecule has 114 valence electrons. The maximum Gasteiger partial charge on any atom is 0.259 e. The summed E-state index contributed by atoms with van der Waals surface area (Å²) in [5.41, 5.74) is 1.88. The van der Waals surface area contributed by atoms with E-state index in [0.717, 1.165) is 25.3 Å². The van der Waals surface area contributed by atoms with E-state index < -0.39 is 0 Å². The van der Waals surface area contributed by atoms with Gasteiger partial charge in [0.05, 0.1) is 11.3 Å². The van der Waals surface area contributed by atoms with Gasteiger partial charge in [-0.05, 0) is 44.2 Å². The van der Waals surface area contributed by atoms with E-state index in [1.165, 1.54) is 0 Å². The Labute approximate surface area is 134 Å². The summed E-state index contributed by atoms with van der Waals surface area (Å²) >= 11 is 5.83. The summed E-state index contributed by atoms with van der Waals surface area (Å²) in [6, 6.07) is 6.98. The predicted molar refractivity (Wildman–Crippen MR) is 86.4 cm³/mol. The Bertz CT molecular complexity index is 681. The minimum absolute atomic E-state index is 0.212. The minimum atomic E-state index is -0.212. The van der Waals surface area contributed by atoms with Crippen LogP contribution in [0.15, 0.2) is 30.5 Å². The number of benzene rings is 1. The first kappa shape index (κ1) is 14.9. The lowest BCUT2D eigenvalue weighted by Gasteiger charge is -2.11. The van der Waals surface area contributed by atoms with Gasteiger partial charge in [-0.3, -0.25) is 4.79 Å². The predicted octanol–water partition coefficient (Wildman–Crippen LogP) is 2.77. The van der Waals surface area contributed by atoms with Gasteiger partial charge in [0.1, 0.15) is 5.82 Å². The third kappa shape index (κ3) is 3.26. The first-order valence-corrected chi connectivity index (χ1v) is 7.62. The zero-order valence-corrected chi connectivity index (χ0v) is 13.0. The molecule has 0 unspecified atom stereocenters. The van der Waals surface area contributed by atoms with Crippen LogP contribution < -0.4 is 10.6 Å². The quantitative estimate of drug-likeness (QED) is 0.913. The van der Waals surface area contributed by atoms with Crippen LogP contribution in [0.25, 0.3) is 0 Å². The van der Waals surface area contributed by atoms with Crippen molar-refractivity contribution in [3.05, 3.63) is 52.6 Å². The van der Waals surface area contributed by atoms with Crippen LogP contribution in [-0.4, -0.2) is 29.0 Å². The number of aromatic nitrogens is 2. The van der Waals surface area contributed by atoms with Crippen LogP contribution in [0.5, 0.6) is 0 Å². The van der Waals surface area contributed by atoms with Crippen molar-refractivity contribution in [3.8, 4) is 0 Å². The van der Waals surface area contributed by atoms with Crippen molar-refractivity contribution in [2.75, 3.05) is 18.4 Å². The molecule has 5 nitrogen and oxygen atoms in total. The van der Waals surface area contributed by atoms with Crippen LogP contribution >= 0.6 is 11.6 Å². The molecule has 0 spiro atoms. The van der Waals surface area contributed by atoms with Crippen molar-refractivity contribution < 1.29 is 4.79 Å². The van der Waals surface area contributed by atoms with Crippen LogP contribution in [0, 0.1) is 6.92 Å². The second kappa shape index (κ2) is 6.42. The molecule has 6 heteroatoms. The fourth-order valence-corrected chi connectivity index (χ4v) is 2.64. The van der Waals surface area contributed by atoms with Crippen LogP contribution in [-0.2, 0) is 0 Å². The largest absolute Gasteiger partial charge is 0.322 e. The number of halogens is 1. The fourth-order valence-electron chi connectivity index (χ4n) is 2.51. The summed E-state index contributed by atoms with van der Waals surface area (Å²) in [5.74, 6) is 0.938. The zero-order chi connectivity index (χ0) is 15.5. The van der Waals surface area contributed by atoms with Gasteiger partial charge in [0.2, 0.25) is 0 Å². The summed E-state index contributed by atoms with van der Waals surface area (Å²) < 4.78 is 0. The molecule has 0 aliphatic carbocycles. The Morgan fingerprint density at radius 3 is 2.77 bits per heavy atom. The van der Waals surface area contributed by atoms with Crippen molar-refractivity contribution in [2.24, 2.45) is 0 Å². The van der Waals surface area contributed by atoms with Crippen LogP contribution in [0.4, 0.5) is 5.69 Å². The van der Waals surface area contributed by atoms with Gasteiger partial charge in [0, 0.05) is 29.4 Å². The number of nitrogens with one attached hydrogen (secondary N) is 2. The maximum absolute atomic E-state index is 12.3. The highest BCUT2D eigenvalue weighted by molar-refractivity contribution is 6.30. The first-order valence-electron chi connectivity index (χ1n) is 7.24. The molecule has 0 radical (unpaired) electrons. The molecule has 2 N–H and O–H groups in total. The van der Waals surface area contributed by atoms with E-state index in [0.29, 0.717) is 27.9 Å². The number of anilines is 1. The van der Waals surface area contributed by atoms with Gasteiger partial charge < -0.3 is 10.6 Å². The third-order valence-electron chi connectivity index (χ3n) is 3.77.